The standard InChI is InChI=1S/C35H41N7O6/c1-27(43)23-39-14-18-41(25-33(44)45)20-16-40(17-21-42(19-15-39)26-34(46)47)24-32-22-29(8-13-37-32)3-2-28-4-6-31(7-5-28)38-35(48)30-9-11-36-12-10-30/h4-13,22H,14-21,23-26H2,1H3,(H,38,48)(H,44,45)(H,46,47). The van der Waals surface area contributed by atoms with Gasteiger partial charge in [0.25, 0.3) is 5.91 Å². The number of carboxylic acids is 2. The van der Waals surface area contributed by atoms with Crippen LogP contribution >= 0.6 is 0 Å². The minimum Gasteiger partial charge on any atom is -0.480 e. The van der Waals surface area contributed by atoms with E-state index in [1.807, 2.05) is 39.0 Å². The average Bonchev–Trinajstić information content (AvgIpc) is 3.05. The van der Waals surface area contributed by atoms with Gasteiger partial charge in [-0.1, -0.05) is 11.8 Å². The number of ketones is 1. The number of nitrogens with zero attached hydrogens (tertiary/aromatic N) is 6. The molecule has 3 N–H and O–H groups in total. The van der Waals surface area contributed by atoms with Crippen LogP contribution in [0.5, 0.6) is 0 Å². The fourth-order valence-corrected chi connectivity index (χ4v) is 5.27. The van der Waals surface area contributed by atoms with Crippen LogP contribution in [-0.2, 0) is 20.9 Å². The lowest BCUT2D eigenvalue weighted by molar-refractivity contribution is -0.139. The molecule has 0 saturated carbocycles. The number of benzene rings is 1. The zero-order chi connectivity index (χ0) is 34.3. The Morgan fingerprint density at radius 1 is 0.688 bits per heavy atom. The van der Waals surface area contributed by atoms with Crippen LogP contribution in [0.1, 0.15) is 34.1 Å². The number of hydrogen-bond donors (Lipinski definition) is 3. The number of anilines is 1. The summed E-state index contributed by atoms with van der Waals surface area (Å²) in [6, 6.07) is 14.3. The molecule has 2 aromatic heterocycles. The molecule has 0 bridgehead atoms. The number of hydrogen-bond acceptors (Lipinski definition) is 10. The van der Waals surface area contributed by atoms with E-state index in [-0.39, 0.29) is 31.3 Å². The van der Waals surface area contributed by atoms with Gasteiger partial charge in [0.2, 0.25) is 0 Å². The highest BCUT2D eigenvalue weighted by molar-refractivity contribution is 6.04. The molecule has 13 nitrogen and oxygen atoms in total. The van der Waals surface area contributed by atoms with Gasteiger partial charge < -0.3 is 15.5 Å². The number of carboxylic acid groups (broad SMARTS) is 2. The van der Waals surface area contributed by atoms with Gasteiger partial charge in [-0.2, -0.15) is 0 Å². The molecular formula is C35H41N7O6. The summed E-state index contributed by atoms with van der Waals surface area (Å²) >= 11 is 0. The summed E-state index contributed by atoms with van der Waals surface area (Å²) in [4.78, 5) is 63.8. The number of rotatable bonds is 10. The Labute approximate surface area is 280 Å². The first-order chi connectivity index (χ1) is 23.1. The molecule has 13 heteroatoms. The molecule has 0 radical (unpaired) electrons. The third-order valence-electron chi connectivity index (χ3n) is 7.73. The van der Waals surface area contributed by atoms with Gasteiger partial charge in [-0.15, -0.1) is 0 Å². The second kappa shape index (κ2) is 18.4. The average molecular weight is 656 g/mol. The summed E-state index contributed by atoms with van der Waals surface area (Å²) < 4.78 is 0. The van der Waals surface area contributed by atoms with Crippen LogP contribution in [-0.4, -0.2) is 135 Å². The van der Waals surface area contributed by atoms with Crippen LogP contribution in [0.3, 0.4) is 0 Å². The van der Waals surface area contributed by atoms with Crippen molar-refractivity contribution >= 4 is 29.3 Å². The normalized spacial score (nSPS) is 15.7. The summed E-state index contributed by atoms with van der Waals surface area (Å²) in [6.07, 6.45) is 4.83. The minimum atomic E-state index is -0.920. The minimum absolute atomic E-state index is 0.00274. The Bertz CT molecular complexity index is 1570. The Balaban J connectivity index is 1.43. The third kappa shape index (κ3) is 12.7. The van der Waals surface area contributed by atoms with Gasteiger partial charge >= 0.3 is 11.9 Å². The summed E-state index contributed by atoms with van der Waals surface area (Å²) in [6.45, 7) is 5.97. The molecule has 1 aliphatic rings. The molecule has 0 unspecified atom stereocenters. The fraction of sp³-hybridized carbons (Fsp3) is 0.371. The molecule has 1 amide bonds. The lowest BCUT2D eigenvalue weighted by atomic mass is 10.1. The molecule has 1 aromatic carbocycles. The van der Waals surface area contributed by atoms with Gasteiger partial charge in [0.05, 0.1) is 25.3 Å². The predicted molar refractivity (Wildman–Crippen MR) is 179 cm³/mol. The second-order valence-corrected chi connectivity index (χ2v) is 11.6. The van der Waals surface area contributed by atoms with E-state index >= 15 is 0 Å². The fourth-order valence-electron chi connectivity index (χ4n) is 5.27. The molecule has 1 saturated heterocycles. The molecular weight excluding hydrogens is 614 g/mol. The van der Waals surface area contributed by atoms with Crippen LogP contribution in [0.4, 0.5) is 5.69 Å². The Morgan fingerprint density at radius 2 is 1.21 bits per heavy atom. The van der Waals surface area contributed by atoms with Gasteiger partial charge in [-0.3, -0.25) is 48.7 Å². The first-order valence-electron chi connectivity index (χ1n) is 15.7. The molecule has 3 heterocycles. The zero-order valence-corrected chi connectivity index (χ0v) is 27.0. The Kier molecular flexibility index (Phi) is 13.7. The smallest absolute Gasteiger partial charge is 0.317 e. The van der Waals surface area contributed by atoms with Crippen molar-refractivity contribution in [2.45, 2.75) is 13.5 Å². The van der Waals surface area contributed by atoms with Crippen molar-refractivity contribution in [1.82, 2.24) is 29.6 Å². The first kappa shape index (κ1) is 35.8. The van der Waals surface area contributed by atoms with Gasteiger partial charge in [-0.25, -0.2) is 0 Å². The van der Waals surface area contributed by atoms with Crippen LogP contribution < -0.4 is 5.32 Å². The van der Waals surface area contributed by atoms with Crippen LogP contribution in [0, 0.1) is 11.8 Å². The van der Waals surface area contributed by atoms with Crippen molar-refractivity contribution in [3.05, 3.63) is 89.5 Å². The summed E-state index contributed by atoms with van der Waals surface area (Å²) in [5, 5.41) is 21.9. The quantitative estimate of drug-likeness (QED) is 0.271. The number of aromatic nitrogens is 2. The van der Waals surface area contributed by atoms with E-state index in [1.54, 1.807) is 42.9 Å². The van der Waals surface area contributed by atoms with Crippen molar-refractivity contribution in [2.75, 3.05) is 77.3 Å². The van der Waals surface area contributed by atoms with Crippen molar-refractivity contribution in [3.63, 3.8) is 0 Å². The van der Waals surface area contributed by atoms with E-state index in [2.05, 4.69) is 32.0 Å². The number of carbonyl (C=O) groups is 4. The SMILES string of the molecule is CC(=O)CN1CCN(CC(=O)O)CCN(Cc2cc(C#Cc3ccc(NC(=O)c4ccncc4)cc3)ccn2)CCN(CC(=O)O)CC1. The number of amides is 1. The van der Waals surface area contributed by atoms with Crippen molar-refractivity contribution in [1.29, 1.82) is 0 Å². The van der Waals surface area contributed by atoms with E-state index in [0.29, 0.717) is 70.2 Å². The van der Waals surface area contributed by atoms with Gasteiger partial charge in [0, 0.05) is 99.9 Å². The van der Waals surface area contributed by atoms with Gasteiger partial charge in [-0.05, 0) is 55.5 Å². The summed E-state index contributed by atoms with van der Waals surface area (Å²) in [7, 11) is 0. The molecule has 0 spiro atoms. The maximum Gasteiger partial charge on any atom is 0.317 e. The van der Waals surface area contributed by atoms with E-state index < -0.39 is 11.9 Å². The van der Waals surface area contributed by atoms with Crippen LogP contribution in [0.25, 0.3) is 0 Å². The molecule has 0 atom stereocenters. The predicted octanol–water partition coefficient (Wildman–Crippen LogP) is 1.61. The number of nitrogens with one attached hydrogen (secondary N) is 1. The summed E-state index contributed by atoms with van der Waals surface area (Å²) in [5.41, 5.74) is 3.50. The van der Waals surface area contributed by atoms with Gasteiger partial charge in [0.1, 0.15) is 5.78 Å². The van der Waals surface area contributed by atoms with E-state index in [1.165, 1.54) is 6.92 Å². The number of aliphatic carboxylic acids is 2. The van der Waals surface area contributed by atoms with Crippen molar-refractivity contribution < 1.29 is 29.4 Å². The lowest BCUT2D eigenvalue weighted by Crippen LogP contribution is -2.48. The van der Waals surface area contributed by atoms with Crippen molar-refractivity contribution in [2.24, 2.45) is 0 Å². The van der Waals surface area contributed by atoms with Gasteiger partial charge in [0.15, 0.2) is 0 Å². The maximum atomic E-state index is 12.4. The Morgan fingerprint density at radius 3 is 1.75 bits per heavy atom. The molecule has 1 fully saturated rings. The van der Waals surface area contributed by atoms with Crippen LogP contribution in [0.15, 0.2) is 67.1 Å². The largest absolute Gasteiger partial charge is 0.480 e. The molecule has 252 valence electrons. The zero-order valence-electron chi connectivity index (χ0n) is 27.0. The molecule has 4 rings (SSSR count). The highest BCUT2D eigenvalue weighted by Crippen LogP contribution is 2.12. The number of pyridine rings is 2. The lowest BCUT2D eigenvalue weighted by Gasteiger charge is -2.33. The molecule has 3 aromatic rings. The number of Topliss-reactive ketones (excluding diaryl/α,β-unsaturated/α-hetero) is 1. The van der Waals surface area contributed by atoms with Crippen molar-refractivity contribution in [3.8, 4) is 11.8 Å². The molecule has 1 aliphatic heterocycles. The second-order valence-electron chi connectivity index (χ2n) is 11.6. The molecule has 0 aliphatic carbocycles. The van der Waals surface area contributed by atoms with Crippen LogP contribution in [0.2, 0.25) is 0 Å². The third-order valence-corrected chi connectivity index (χ3v) is 7.73. The first-order valence-corrected chi connectivity index (χ1v) is 15.7. The van der Waals surface area contributed by atoms with E-state index in [0.717, 1.165) is 16.8 Å². The molecule has 48 heavy (non-hydrogen) atoms. The highest BCUT2D eigenvalue weighted by atomic mass is 16.4. The topological polar surface area (TPSA) is 160 Å². The Hall–Kier alpha value is -5.00. The van der Waals surface area contributed by atoms with E-state index in [9.17, 15) is 29.4 Å². The monoisotopic (exact) mass is 655 g/mol. The van der Waals surface area contributed by atoms with E-state index in [4.69, 9.17) is 0 Å². The highest BCUT2D eigenvalue weighted by Gasteiger charge is 2.20. The number of carbonyl (C=O) groups excluding carboxylic acids is 2. The summed E-state index contributed by atoms with van der Waals surface area (Å²) in [5.74, 6) is 4.27. The maximum absolute atomic E-state index is 12.4.